The van der Waals surface area contributed by atoms with E-state index in [4.69, 9.17) is 5.73 Å². The van der Waals surface area contributed by atoms with Crippen molar-refractivity contribution in [2.45, 2.75) is 45.6 Å². The van der Waals surface area contributed by atoms with Gasteiger partial charge >= 0.3 is 11.8 Å². The lowest BCUT2D eigenvalue weighted by molar-refractivity contribution is -0.137. The molecule has 1 aliphatic rings. The Morgan fingerprint density at radius 2 is 1.92 bits per heavy atom. The summed E-state index contributed by atoms with van der Waals surface area (Å²) in [4.78, 5) is 24.5. The highest BCUT2D eigenvalue weighted by atomic mass is 16.2. The molecule has 1 unspecified atom stereocenters. The molecule has 0 saturated carbocycles. The van der Waals surface area contributed by atoms with Crippen LogP contribution in [0.2, 0.25) is 0 Å². The number of benzene rings is 1. The van der Waals surface area contributed by atoms with E-state index in [-0.39, 0.29) is 5.41 Å². The normalized spacial score (nSPS) is 19.0. The minimum absolute atomic E-state index is 0.174. The zero-order valence-electron chi connectivity index (χ0n) is 15.0. The lowest BCUT2D eigenvalue weighted by Crippen LogP contribution is -2.43. The Labute approximate surface area is 144 Å². The monoisotopic (exact) mass is 331 g/mol. The number of primary amides is 1. The van der Waals surface area contributed by atoms with Gasteiger partial charge < -0.3 is 11.1 Å². The highest BCUT2D eigenvalue weighted by Gasteiger charge is 2.21. The summed E-state index contributed by atoms with van der Waals surface area (Å²) in [7, 11) is 0. The number of nitrogens with two attached hydrogens (primary N) is 1. The van der Waals surface area contributed by atoms with E-state index in [2.05, 4.69) is 55.3 Å². The van der Waals surface area contributed by atoms with Gasteiger partial charge in [-0.25, -0.2) is 0 Å². The Balaban J connectivity index is 1.86. The number of likely N-dealkylation sites (tertiary alicyclic amines) is 1. The van der Waals surface area contributed by atoms with E-state index in [1.807, 2.05) is 0 Å². The van der Waals surface area contributed by atoms with Crippen LogP contribution in [-0.2, 0) is 21.5 Å². The first kappa shape index (κ1) is 18.5. The van der Waals surface area contributed by atoms with Crippen molar-refractivity contribution in [2.75, 3.05) is 19.6 Å². The average molecular weight is 331 g/mol. The van der Waals surface area contributed by atoms with Crippen molar-refractivity contribution in [1.29, 1.82) is 0 Å². The molecule has 1 saturated heterocycles. The number of hydrogen-bond donors (Lipinski definition) is 2. The summed E-state index contributed by atoms with van der Waals surface area (Å²) in [6, 6.07) is 8.84. The standard InChI is InChI=1S/C19H29N3O2/c1-19(2,3)16-8-6-14(7-9-16)12-22-10-4-5-15(13-22)11-21-18(24)17(20)23/h6-9,15H,4-5,10-13H2,1-3H3,(H2,20,23)(H,21,24). The fraction of sp³-hybridized carbons (Fsp3) is 0.579. The maximum atomic E-state index is 11.3. The zero-order chi connectivity index (χ0) is 17.7. The number of piperidine rings is 1. The minimum atomic E-state index is -0.915. The summed E-state index contributed by atoms with van der Waals surface area (Å²) in [5.41, 5.74) is 7.79. The fourth-order valence-corrected chi connectivity index (χ4v) is 3.15. The van der Waals surface area contributed by atoms with E-state index < -0.39 is 11.8 Å². The molecule has 1 aromatic carbocycles. The van der Waals surface area contributed by atoms with E-state index in [1.54, 1.807) is 0 Å². The summed E-state index contributed by atoms with van der Waals surface area (Å²) >= 11 is 0. The number of nitrogens with zero attached hydrogens (tertiary/aromatic N) is 1. The number of amides is 2. The van der Waals surface area contributed by atoms with Crippen molar-refractivity contribution >= 4 is 11.8 Å². The molecule has 0 aliphatic carbocycles. The zero-order valence-corrected chi connectivity index (χ0v) is 15.0. The van der Waals surface area contributed by atoms with E-state index in [0.717, 1.165) is 32.5 Å². The number of carbonyl (C=O) groups is 2. The summed E-state index contributed by atoms with van der Waals surface area (Å²) in [6.07, 6.45) is 2.18. The maximum absolute atomic E-state index is 11.3. The molecule has 3 N–H and O–H groups in total. The SMILES string of the molecule is CC(C)(C)c1ccc(CN2CCCC(CNC(=O)C(N)=O)C2)cc1. The van der Waals surface area contributed by atoms with E-state index in [1.165, 1.54) is 11.1 Å². The predicted molar refractivity (Wildman–Crippen MR) is 95.3 cm³/mol. The highest BCUT2D eigenvalue weighted by Crippen LogP contribution is 2.23. The maximum Gasteiger partial charge on any atom is 0.309 e. The molecule has 1 atom stereocenters. The van der Waals surface area contributed by atoms with Gasteiger partial charge in [-0.05, 0) is 41.8 Å². The Kier molecular flexibility index (Phi) is 5.99. The van der Waals surface area contributed by atoms with Crippen LogP contribution in [0.1, 0.15) is 44.7 Å². The number of rotatable bonds is 4. The molecule has 5 heteroatoms. The summed E-state index contributed by atoms with van der Waals surface area (Å²) in [6.45, 7) is 10.1. The summed E-state index contributed by atoms with van der Waals surface area (Å²) < 4.78 is 0. The van der Waals surface area contributed by atoms with Crippen LogP contribution in [0, 0.1) is 5.92 Å². The second-order valence-corrected chi connectivity index (χ2v) is 7.76. The molecule has 1 aromatic rings. The molecule has 1 heterocycles. The third-order valence-electron chi connectivity index (χ3n) is 4.60. The molecule has 0 aromatic heterocycles. The van der Waals surface area contributed by atoms with Gasteiger partial charge in [0.25, 0.3) is 0 Å². The van der Waals surface area contributed by atoms with Gasteiger partial charge in [0.2, 0.25) is 0 Å². The average Bonchev–Trinajstić information content (AvgIpc) is 2.52. The van der Waals surface area contributed by atoms with Crippen molar-refractivity contribution < 1.29 is 9.59 Å². The van der Waals surface area contributed by atoms with Crippen LogP contribution in [0.4, 0.5) is 0 Å². The van der Waals surface area contributed by atoms with Gasteiger partial charge in [-0.15, -0.1) is 0 Å². The molecule has 2 amide bonds. The first-order valence-electron chi connectivity index (χ1n) is 8.65. The molecular formula is C19H29N3O2. The molecular weight excluding hydrogens is 302 g/mol. The van der Waals surface area contributed by atoms with Crippen molar-refractivity contribution in [1.82, 2.24) is 10.2 Å². The number of hydrogen-bond acceptors (Lipinski definition) is 3. The third kappa shape index (κ3) is 5.34. The van der Waals surface area contributed by atoms with Gasteiger partial charge in [-0.1, -0.05) is 45.0 Å². The summed E-state index contributed by atoms with van der Waals surface area (Å²) in [5, 5.41) is 2.62. The quantitative estimate of drug-likeness (QED) is 0.826. The number of carbonyl (C=O) groups excluding carboxylic acids is 2. The first-order valence-corrected chi connectivity index (χ1v) is 8.65. The topological polar surface area (TPSA) is 75.4 Å². The molecule has 0 radical (unpaired) electrons. The second kappa shape index (κ2) is 7.79. The Hall–Kier alpha value is -1.88. The van der Waals surface area contributed by atoms with Gasteiger partial charge in [0.1, 0.15) is 0 Å². The Morgan fingerprint density at radius 3 is 2.50 bits per heavy atom. The molecule has 0 bridgehead atoms. The molecule has 1 fully saturated rings. The highest BCUT2D eigenvalue weighted by molar-refractivity contribution is 6.34. The van der Waals surface area contributed by atoms with E-state index in [9.17, 15) is 9.59 Å². The molecule has 2 rings (SSSR count). The van der Waals surface area contributed by atoms with Gasteiger partial charge in [-0.2, -0.15) is 0 Å². The van der Waals surface area contributed by atoms with Gasteiger partial charge in [0.05, 0.1) is 0 Å². The molecule has 24 heavy (non-hydrogen) atoms. The van der Waals surface area contributed by atoms with Gasteiger partial charge in [0.15, 0.2) is 0 Å². The molecule has 0 spiro atoms. The lowest BCUT2D eigenvalue weighted by atomic mass is 9.86. The van der Waals surface area contributed by atoms with Crippen LogP contribution in [-0.4, -0.2) is 36.3 Å². The second-order valence-electron chi connectivity index (χ2n) is 7.76. The van der Waals surface area contributed by atoms with Gasteiger partial charge in [-0.3, -0.25) is 14.5 Å². The fourth-order valence-electron chi connectivity index (χ4n) is 3.15. The molecule has 5 nitrogen and oxygen atoms in total. The Morgan fingerprint density at radius 1 is 1.25 bits per heavy atom. The first-order chi connectivity index (χ1) is 11.3. The van der Waals surface area contributed by atoms with Crippen LogP contribution in [0.15, 0.2) is 24.3 Å². The van der Waals surface area contributed by atoms with Crippen molar-refractivity contribution in [3.63, 3.8) is 0 Å². The van der Waals surface area contributed by atoms with Crippen molar-refractivity contribution in [2.24, 2.45) is 11.7 Å². The Bertz CT molecular complexity index is 575. The van der Waals surface area contributed by atoms with Crippen molar-refractivity contribution in [3.05, 3.63) is 35.4 Å². The van der Waals surface area contributed by atoms with E-state index >= 15 is 0 Å². The lowest BCUT2D eigenvalue weighted by Gasteiger charge is -2.33. The van der Waals surface area contributed by atoms with Gasteiger partial charge in [0, 0.05) is 19.6 Å². The molecule has 132 valence electrons. The van der Waals surface area contributed by atoms with E-state index in [0.29, 0.717) is 12.5 Å². The van der Waals surface area contributed by atoms with Crippen LogP contribution in [0.5, 0.6) is 0 Å². The van der Waals surface area contributed by atoms with Crippen molar-refractivity contribution in [3.8, 4) is 0 Å². The smallest absolute Gasteiger partial charge is 0.309 e. The summed E-state index contributed by atoms with van der Waals surface area (Å²) in [5.74, 6) is -1.23. The largest absolute Gasteiger partial charge is 0.361 e. The van der Waals surface area contributed by atoms with Crippen LogP contribution in [0.25, 0.3) is 0 Å². The van der Waals surface area contributed by atoms with Crippen LogP contribution in [0.3, 0.4) is 0 Å². The predicted octanol–water partition coefficient (Wildman–Crippen LogP) is 1.80. The van der Waals surface area contributed by atoms with Crippen LogP contribution < -0.4 is 11.1 Å². The third-order valence-corrected chi connectivity index (χ3v) is 4.60. The number of nitrogens with one attached hydrogen (secondary N) is 1. The minimum Gasteiger partial charge on any atom is -0.361 e. The van der Waals surface area contributed by atoms with Crippen LogP contribution >= 0.6 is 0 Å². The molecule has 1 aliphatic heterocycles.